The first-order chi connectivity index (χ1) is 6.65. The molecule has 0 unspecified atom stereocenters. The second kappa shape index (κ2) is 3.40. The lowest BCUT2D eigenvalue weighted by Gasteiger charge is -1.90. The van der Waals surface area contributed by atoms with Gasteiger partial charge >= 0.3 is 6.09 Å². The molecule has 6 nitrogen and oxygen atoms in total. The van der Waals surface area contributed by atoms with Crippen molar-refractivity contribution in [2.75, 3.05) is 5.32 Å². The molecule has 2 N–H and O–H groups in total. The summed E-state index contributed by atoms with van der Waals surface area (Å²) in [5.41, 5.74) is 0.606. The Bertz CT molecular complexity index is 495. The van der Waals surface area contributed by atoms with Gasteiger partial charge in [-0.25, -0.2) is 14.3 Å². The summed E-state index contributed by atoms with van der Waals surface area (Å²) in [4.78, 5) is 14.3. The van der Waals surface area contributed by atoms with Gasteiger partial charge in [-0.05, 0) is 34.7 Å². The molecule has 0 fully saturated rings. The van der Waals surface area contributed by atoms with E-state index in [4.69, 9.17) is 5.11 Å². The number of rotatable bonds is 1. The van der Waals surface area contributed by atoms with Gasteiger partial charge in [0, 0.05) is 0 Å². The van der Waals surface area contributed by atoms with E-state index in [0.717, 1.165) is 3.70 Å². The molecule has 2 aromatic heterocycles. The van der Waals surface area contributed by atoms with Crippen LogP contribution in [0.1, 0.15) is 0 Å². The molecule has 0 atom stereocenters. The molecule has 7 heteroatoms. The monoisotopic (exact) mass is 304 g/mol. The molecule has 0 aliphatic carbocycles. The first-order valence-electron chi connectivity index (χ1n) is 3.67. The highest BCUT2D eigenvalue weighted by atomic mass is 127. The number of aromatic nitrogens is 3. The summed E-state index contributed by atoms with van der Waals surface area (Å²) in [5.74, 6) is 0.270. The quantitative estimate of drug-likeness (QED) is 0.781. The van der Waals surface area contributed by atoms with Crippen molar-refractivity contribution in [2.24, 2.45) is 0 Å². The van der Waals surface area contributed by atoms with E-state index in [0.29, 0.717) is 5.65 Å². The number of imidazole rings is 1. The number of nitrogens with zero attached hydrogens (tertiary/aromatic N) is 3. The number of hydrogen-bond acceptors (Lipinski definition) is 3. The van der Waals surface area contributed by atoms with Gasteiger partial charge in [0.05, 0.1) is 6.20 Å². The summed E-state index contributed by atoms with van der Waals surface area (Å²) in [6.45, 7) is 0. The lowest BCUT2D eigenvalue weighted by Crippen LogP contribution is -2.07. The number of fused-ring (bicyclic) bond motifs is 1. The third-order valence-corrected chi connectivity index (χ3v) is 2.10. The molecule has 2 aromatic rings. The maximum absolute atomic E-state index is 10.3. The first kappa shape index (κ1) is 9.19. The Kier molecular flexibility index (Phi) is 2.23. The number of carboxylic acid groups (broad SMARTS) is 1. The van der Waals surface area contributed by atoms with Gasteiger partial charge in [-0.3, -0.25) is 5.32 Å². The summed E-state index contributed by atoms with van der Waals surface area (Å²) >= 11 is 2.07. The van der Waals surface area contributed by atoms with Crippen molar-refractivity contribution in [3.63, 3.8) is 0 Å². The maximum atomic E-state index is 10.3. The van der Waals surface area contributed by atoms with Crippen molar-refractivity contribution in [2.45, 2.75) is 0 Å². The SMILES string of the molecule is O=C(O)Nc1cn2nc(I)ccc2n1. The molecular weight excluding hydrogens is 299 g/mol. The smallest absolute Gasteiger partial charge is 0.410 e. The predicted octanol–water partition coefficient (Wildman–Crippen LogP) is 1.42. The summed E-state index contributed by atoms with van der Waals surface area (Å²) in [7, 11) is 0. The van der Waals surface area contributed by atoms with E-state index < -0.39 is 6.09 Å². The van der Waals surface area contributed by atoms with Gasteiger partial charge in [-0.2, -0.15) is 5.10 Å². The van der Waals surface area contributed by atoms with Gasteiger partial charge in [0.1, 0.15) is 3.70 Å². The van der Waals surface area contributed by atoms with E-state index in [1.165, 1.54) is 10.7 Å². The van der Waals surface area contributed by atoms with E-state index in [1.807, 2.05) is 0 Å². The molecule has 0 spiro atoms. The Morgan fingerprint density at radius 3 is 3.07 bits per heavy atom. The Balaban J connectivity index is 2.46. The van der Waals surface area contributed by atoms with Crippen LogP contribution >= 0.6 is 22.6 Å². The number of hydrogen-bond donors (Lipinski definition) is 2. The minimum atomic E-state index is -1.14. The highest BCUT2D eigenvalue weighted by molar-refractivity contribution is 14.1. The summed E-state index contributed by atoms with van der Waals surface area (Å²) < 4.78 is 2.34. The Morgan fingerprint density at radius 1 is 1.57 bits per heavy atom. The molecule has 0 aliphatic rings. The average molecular weight is 304 g/mol. The topological polar surface area (TPSA) is 79.5 Å². The summed E-state index contributed by atoms with van der Waals surface area (Å²) in [5, 5.41) is 14.7. The number of halogens is 1. The van der Waals surface area contributed by atoms with Crippen LogP contribution in [0.4, 0.5) is 10.6 Å². The molecule has 0 aliphatic heterocycles. The van der Waals surface area contributed by atoms with Gasteiger partial charge in [0.25, 0.3) is 0 Å². The second-order valence-corrected chi connectivity index (χ2v) is 3.62. The zero-order valence-corrected chi connectivity index (χ0v) is 8.96. The van der Waals surface area contributed by atoms with Crippen LogP contribution in [0.3, 0.4) is 0 Å². The third-order valence-electron chi connectivity index (χ3n) is 1.52. The molecule has 0 radical (unpaired) electrons. The molecule has 2 rings (SSSR count). The van der Waals surface area contributed by atoms with Gasteiger partial charge in [0.15, 0.2) is 11.5 Å². The summed E-state index contributed by atoms with van der Waals surface area (Å²) in [6.07, 6.45) is 0.383. The minimum absolute atomic E-state index is 0.270. The van der Waals surface area contributed by atoms with Crippen molar-refractivity contribution in [3.05, 3.63) is 22.0 Å². The molecular formula is C7H5IN4O2. The van der Waals surface area contributed by atoms with Crippen LogP contribution in [-0.2, 0) is 0 Å². The van der Waals surface area contributed by atoms with Gasteiger partial charge in [0.2, 0.25) is 0 Å². The third kappa shape index (κ3) is 1.76. The molecule has 0 aromatic carbocycles. The van der Waals surface area contributed by atoms with Crippen LogP contribution in [-0.4, -0.2) is 25.8 Å². The van der Waals surface area contributed by atoms with Crippen LogP contribution in [0, 0.1) is 3.70 Å². The van der Waals surface area contributed by atoms with Crippen molar-refractivity contribution in [3.8, 4) is 0 Å². The fraction of sp³-hybridized carbons (Fsp3) is 0. The first-order valence-corrected chi connectivity index (χ1v) is 4.75. The van der Waals surface area contributed by atoms with Crippen molar-refractivity contribution in [1.82, 2.24) is 14.6 Å². The lowest BCUT2D eigenvalue weighted by molar-refractivity contribution is 0.209. The number of nitrogens with one attached hydrogen (secondary N) is 1. The van der Waals surface area contributed by atoms with Crippen LogP contribution in [0.5, 0.6) is 0 Å². The standard InChI is InChI=1S/C7H5IN4O2/c8-4-1-2-6-9-5(10-7(13)14)3-12(6)11-4/h1-3,10H,(H,13,14). The fourth-order valence-corrected chi connectivity index (χ4v) is 1.44. The van der Waals surface area contributed by atoms with E-state index in [-0.39, 0.29) is 5.82 Å². The van der Waals surface area contributed by atoms with Crippen LogP contribution in [0.25, 0.3) is 5.65 Å². The predicted molar refractivity (Wildman–Crippen MR) is 57.4 cm³/mol. The number of amides is 1. The Labute approximate surface area is 92.1 Å². The van der Waals surface area contributed by atoms with Crippen molar-refractivity contribution < 1.29 is 9.90 Å². The second-order valence-electron chi connectivity index (χ2n) is 2.52. The zero-order chi connectivity index (χ0) is 10.1. The molecule has 1 amide bonds. The molecule has 0 saturated carbocycles. The van der Waals surface area contributed by atoms with E-state index in [1.54, 1.807) is 12.1 Å². The van der Waals surface area contributed by atoms with E-state index in [9.17, 15) is 4.79 Å². The van der Waals surface area contributed by atoms with Crippen molar-refractivity contribution in [1.29, 1.82) is 0 Å². The Hall–Kier alpha value is -1.38. The molecule has 0 bridgehead atoms. The van der Waals surface area contributed by atoms with Gasteiger partial charge in [-0.1, -0.05) is 0 Å². The van der Waals surface area contributed by atoms with E-state index >= 15 is 0 Å². The normalized spacial score (nSPS) is 10.4. The summed E-state index contributed by atoms with van der Waals surface area (Å²) in [6, 6.07) is 3.56. The van der Waals surface area contributed by atoms with Gasteiger partial charge in [-0.15, -0.1) is 0 Å². The highest BCUT2D eigenvalue weighted by Crippen LogP contribution is 2.09. The minimum Gasteiger partial charge on any atom is -0.465 e. The Morgan fingerprint density at radius 2 is 2.36 bits per heavy atom. The van der Waals surface area contributed by atoms with Crippen LogP contribution in [0.2, 0.25) is 0 Å². The van der Waals surface area contributed by atoms with Crippen LogP contribution < -0.4 is 5.32 Å². The van der Waals surface area contributed by atoms with Gasteiger partial charge < -0.3 is 5.11 Å². The highest BCUT2D eigenvalue weighted by Gasteiger charge is 2.04. The molecule has 14 heavy (non-hydrogen) atoms. The largest absolute Gasteiger partial charge is 0.465 e. The molecule has 0 saturated heterocycles. The maximum Gasteiger partial charge on any atom is 0.410 e. The van der Waals surface area contributed by atoms with Crippen molar-refractivity contribution >= 4 is 40.1 Å². The number of carbonyl (C=O) groups is 1. The lowest BCUT2D eigenvalue weighted by atomic mass is 10.6. The van der Waals surface area contributed by atoms with E-state index in [2.05, 4.69) is 38.0 Å². The molecule has 72 valence electrons. The molecule has 2 heterocycles. The number of anilines is 1. The van der Waals surface area contributed by atoms with Crippen LogP contribution in [0.15, 0.2) is 18.3 Å². The fourth-order valence-electron chi connectivity index (χ4n) is 1.03. The zero-order valence-electron chi connectivity index (χ0n) is 6.81. The average Bonchev–Trinajstić information content (AvgIpc) is 2.44.